The Balaban J connectivity index is 2.11. The van der Waals surface area contributed by atoms with E-state index >= 15 is 0 Å². The summed E-state index contributed by atoms with van der Waals surface area (Å²) in [5.74, 6) is -0.393. The third-order valence-electron chi connectivity index (χ3n) is 2.65. The van der Waals surface area contributed by atoms with E-state index in [0.29, 0.717) is 26.4 Å². The van der Waals surface area contributed by atoms with Crippen molar-refractivity contribution in [2.45, 2.75) is 6.92 Å². The van der Waals surface area contributed by atoms with Gasteiger partial charge in [0.05, 0.1) is 15.7 Å². The average Bonchev–Trinajstić information content (AvgIpc) is 2.68. The molecule has 0 aliphatic carbocycles. The fourth-order valence-electron chi connectivity index (χ4n) is 1.52. The highest BCUT2D eigenvalue weighted by Gasteiger charge is 2.13. The van der Waals surface area contributed by atoms with E-state index in [0.717, 1.165) is 5.69 Å². The summed E-state index contributed by atoms with van der Waals surface area (Å²) in [6.45, 7) is 1.85. The molecule has 20 heavy (non-hydrogen) atoms. The van der Waals surface area contributed by atoms with E-state index in [1.54, 1.807) is 17.8 Å². The third-order valence-corrected chi connectivity index (χ3v) is 3.47. The molecule has 0 radical (unpaired) electrons. The number of halogens is 3. The van der Waals surface area contributed by atoms with E-state index in [1.807, 2.05) is 6.92 Å². The number of rotatable bonds is 3. The summed E-state index contributed by atoms with van der Waals surface area (Å²) in [6.07, 6.45) is 0. The van der Waals surface area contributed by atoms with Crippen molar-refractivity contribution in [3.05, 3.63) is 44.7 Å². The number of hydrazine groups is 1. The van der Waals surface area contributed by atoms with Gasteiger partial charge in [0.2, 0.25) is 0 Å². The summed E-state index contributed by atoms with van der Waals surface area (Å²) in [5, 5.41) is 5.08. The van der Waals surface area contributed by atoms with Gasteiger partial charge in [-0.3, -0.25) is 20.3 Å². The Morgan fingerprint density at radius 1 is 1.20 bits per heavy atom. The summed E-state index contributed by atoms with van der Waals surface area (Å²) in [4.78, 5) is 11.9. The van der Waals surface area contributed by atoms with Gasteiger partial charge in [-0.1, -0.05) is 34.8 Å². The van der Waals surface area contributed by atoms with Crippen LogP contribution in [-0.2, 0) is 7.05 Å². The van der Waals surface area contributed by atoms with Gasteiger partial charge < -0.3 is 0 Å². The van der Waals surface area contributed by atoms with E-state index in [1.165, 1.54) is 12.1 Å². The van der Waals surface area contributed by atoms with Gasteiger partial charge in [-0.2, -0.15) is 5.10 Å². The molecule has 0 atom stereocenters. The summed E-state index contributed by atoms with van der Waals surface area (Å²) in [6, 6.07) is 4.71. The first kappa shape index (κ1) is 15.0. The van der Waals surface area contributed by atoms with Crippen molar-refractivity contribution in [1.82, 2.24) is 15.2 Å². The van der Waals surface area contributed by atoms with Gasteiger partial charge >= 0.3 is 0 Å². The van der Waals surface area contributed by atoms with Gasteiger partial charge in [0.1, 0.15) is 0 Å². The van der Waals surface area contributed by atoms with Crippen LogP contribution in [0.5, 0.6) is 0 Å². The Labute approximate surface area is 130 Å². The summed E-state index contributed by atoms with van der Waals surface area (Å²) in [5.41, 5.74) is 6.68. The van der Waals surface area contributed by atoms with Crippen LogP contribution in [0, 0.1) is 6.92 Å². The molecule has 1 aromatic heterocycles. The van der Waals surface area contributed by atoms with Crippen molar-refractivity contribution in [2.24, 2.45) is 7.05 Å². The fraction of sp³-hybridized carbons (Fsp3) is 0.167. The summed E-state index contributed by atoms with van der Waals surface area (Å²) >= 11 is 17.8. The Morgan fingerprint density at radius 3 is 2.30 bits per heavy atom. The molecular weight excluding hydrogens is 323 g/mol. The van der Waals surface area contributed by atoms with Crippen LogP contribution in [0.2, 0.25) is 15.1 Å². The predicted molar refractivity (Wildman–Crippen MR) is 80.5 cm³/mol. The van der Waals surface area contributed by atoms with Crippen molar-refractivity contribution in [3.8, 4) is 0 Å². The van der Waals surface area contributed by atoms with E-state index < -0.39 is 5.91 Å². The second-order valence-corrected chi connectivity index (χ2v) is 5.37. The zero-order valence-electron chi connectivity index (χ0n) is 10.7. The number of carbonyl (C=O) groups excluding carboxylic acids is 1. The van der Waals surface area contributed by atoms with Crippen molar-refractivity contribution in [3.63, 3.8) is 0 Å². The lowest BCUT2D eigenvalue weighted by atomic mass is 10.3. The van der Waals surface area contributed by atoms with Gasteiger partial charge in [-0.25, -0.2) is 0 Å². The molecular formula is C12H11Cl3N4O. The number of anilines is 1. The molecule has 0 aliphatic rings. The van der Waals surface area contributed by atoms with Gasteiger partial charge in [0.15, 0.2) is 5.69 Å². The number of nitrogens with zero attached hydrogens (tertiary/aromatic N) is 2. The number of aryl methyl sites for hydroxylation is 2. The van der Waals surface area contributed by atoms with Crippen LogP contribution in [-0.4, -0.2) is 15.7 Å². The molecule has 1 aromatic carbocycles. The maximum absolute atomic E-state index is 11.9. The minimum absolute atomic E-state index is 0.290. The number of carbonyl (C=O) groups is 1. The van der Waals surface area contributed by atoms with Gasteiger partial charge in [-0.05, 0) is 25.1 Å². The standard InChI is InChI=1S/C12H11Cl3N4O/c1-6-3-10(18-19(6)2)12(20)17-16-11-8(14)4-7(13)5-9(11)15/h3-5,16H,1-2H3,(H,17,20). The van der Waals surface area contributed by atoms with Crippen LogP contribution in [0.15, 0.2) is 18.2 Å². The average molecular weight is 334 g/mol. The molecule has 0 bridgehead atoms. The van der Waals surface area contributed by atoms with E-state index in [-0.39, 0.29) is 0 Å². The van der Waals surface area contributed by atoms with Gasteiger partial charge in [-0.15, -0.1) is 0 Å². The Kier molecular flexibility index (Phi) is 4.42. The topological polar surface area (TPSA) is 59.0 Å². The van der Waals surface area contributed by atoms with Crippen LogP contribution in [0.1, 0.15) is 16.2 Å². The molecule has 0 saturated heterocycles. The molecule has 2 aromatic rings. The Morgan fingerprint density at radius 2 is 1.80 bits per heavy atom. The zero-order valence-corrected chi connectivity index (χ0v) is 12.9. The first-order chi connectivity index (χ1) is 9.38. The molecule has 8 heteroatoms. The SMILES string of the molecule is Cc1cc(C(=O)NNc2c(Cl)cc(Cl)cc2Cl)nn1C. The molecule has 0 saturated carbocycles. The normalized spacial score (nSPS) is 10.4. The smallest absolute Gasteiger partial charge is 0.290 e. The minimum atomic E-state index is -0.393. The molecule has 0 unspecified atom stereocenters. The summed E-state index contributed by atoms with van der Waals surface area (Å²) in [7, 11) is 1.76. The number of amides is 1. The fourth-order valence-corrected chi connectivity index (χ4v) is 2.43. The van der Waals surface area contributed by atoms with Crippen molar-refractivity contribution in [1.29, 1.82) is 0 Å². The first-order valence-corrected chi connectivity index (χ1v) is 6.73. The highest BCUT2D eigenvalue weighted by Crippen LogP contribution is 2.33. The lowest BCUT2D eigenvalue weighted by Crippen LogP contribution is -2.30. The van der Waals surface area contributed by atoms with E-state index in [2.05, 4.69) is 16.0 Å². The molecule has 1 heterocycles. The second-order valence-electron chi connectivity index (χ2n) is 4.12. The highest BCUT2D eigenvalue weighted by atomic mass is 35.5. The van der Waals surface area contributed by atoms with Crippen LogP contribution in [0.25, 0.3) is 0 Å². The van der Waals surface area contributed by atoms with E-state index in [9.17, 15) is 4.79 Å². The minimum Gasteiger partial charge on any atom is -0.295 e. The van der Waals surface area contributed by atoms with Gasteiger partial charge in [0.25, 0.3) is 5.91 Å². The van der Waals surface area contributed by atoms with Crippen molar-refractivity contribution >= 4 is 46.4 Å². The van der Waals surface area contributed by atoms with Crippen LogP contribution < -0.4 is 10.9 Å². The first-order valence-electron chi connectivity index (χ1n) is 5.60. The maximum atomic E-state index is 11.9. The molecule has 2 N–H and O–H groups in total. The molecule has 0 fully saturated rings. The monoisotopic (exact) mass is 332 g/mol. The zero-order chi connectivity index (χ0) is 14.9. The predicted octanol–water partition coefficient (Wildman–Crippen LogP) is 3.45. The lowest BCUT2D eigenvalue weighted by Gasteiger charge is -2.11. The van der Waals surface area contributed by atoms with E-state index in [4.69, 9.17) is 34.8 Å². The molecule has 0 spiro atoms. The number of nitrogens with one attached hydrogen (secondary N) is 2. The van der Waals surface area contributed by atoms with Crippen LogP contribution in [0.3, 0.4) is 0 Å². The van der Waals surface area contributed by atoms with Crippen molar-refractivity contribution in [2.75, 3.05) is 5.43 Å². The van der Waals surface area contributed by atoms with Crippen molar-refractivity contribution < 1.29 is 4.79 Å². The highest BCUT2D eigenvalue weighted by molar-refractivity contribution is 6.41. The number of aromatic nitrogens is 2. The lowest BCUT2D eigenvalue weighted by molar-refractivity contribution is 0.0957. The Hall–Kier alpha value is -1.43. The third kappa shape index (κ3) is 3.17. The van der Waals surface area contributed by atoms with Crippen LogP contribution in [0.4, 0.5) is 5.69 Å². The quantitative estimate of drug-likeness (QED) is 0.846. The number of hydrogen-bond acceptors (Lipinski definition) is 3. The van der Waals surface area contributed by atoms with Gasteiger partial charge in [0, 0.05) is 17.8 Å². The number of benzene rings is 1. The largest absolute Gasteiger partial charge is 0.295 e. The second kappa shape index (κ2) is 5.91. The molecule has 5 nitrogen and oxygen atoms in total. The molecule has 106 valence electrons. The molecule has 2 rings (SSSR count). The van der Waals surface area contributed by atoms with Crippen LogP contribution >= 0.6 is 34.8 Å². The molecule has 0 aliphatic heterocycles. The molecule has 1 amide bonds. The Bertz CT molecular complexity index is 626. The maximum Gasteiger partial charge on any atom is 0.290 e. The summed E-state index contributed by atoms with van der Waals surface area (Å²) < 4.78 is 1.61. The number of hydrogen-bond donors (Lipinski definition) is 2.